The van der Waals surface area contributed by atoms with Crippen molar-refractivity contribution in [2.75, 3.05) is 0 Å². The maximum Gasteiger partial charge on any atom is 0.337 e. The molecule has 0 spiro atoms. The summed E-state index contributed by atoms with van der Waals surface area (Å²) in [5, 5.41) is 12.8. The van der Waals surface area contributed by atoms with Crippen LogP contribution in [0.25, 0.3) is 9.75 Å². The summed E-state index contributed by atoms with van der Waals surface area (Å²) < 4.78 is 0.709. The first kappa shape index (κ1) is 10.1. The zero-order valence-electron chi connectivity index (χ0n) is 6.77. The highest BCUT2D eigenvalue weighted by Gasteiger charge is 2.17. The first-order valence-electron chi connectivity index (χ1n) is 3.66. The average molecular weight is 337 g/mol. The molecule has 0 saturated heterocycles. The van der Waals surface area contributed by atoms with Crippen molar-refractivity contribution in [2.45, 2.75) is 0 Å². The van der Waals surface area contributed by atoms with Crippen molar-refractivity contribution in [1.29, 1.82) is 0 Å². The molecule has 0 fully saturated rings. The van der Waals surface area contributed by atoms with Crippen LogP contribution in [0.2, 0.25) is 0 Å². The quantitative estimate of drug-likeness (QED) is 0.472. The van der Waals surface area contributed by atoms with Crippen LogP contribution >= 0.6 is 45.3 Å². The lowest BCUT2D eigenvalue weighted by Gasteiger charge is -1.85. The van der Waals surface area contributed by atoms with Gasteiger partial charge in [0.1, 0.15) is 3.57 Å². The number of nitro groups is 1. The van der Waals surface area contributed by atoms with E-state index < -0.39 is 0 Å². The van der Waals surface area contributed by atoms with Crippen LogP contribution in [0.3, 0.4) is 0 Å². The predicted octanol–water partition coefficient (Wildman–Crippen LogP) is 3.99. The topological polar surface area (TPSA) is 43.1 Å². The van der Waals surface area contributed by atoms with Crippen molar-refractivity contribution in [2.24, 2.45) is 0 Å². The number of hydrogen-bond acceptors (Lipinski definition) is 4. The van der Waals surface area contributed by atoms with Crippen molar-refractivity contribution in [3.8, 4) is 9.75 Å². The van der Waals surface area contributed by atoms with Crippen LogP contribution in [0.1, 0.15) is 0 Å². The fourth-order valence-corrected chi connectivity index (χ4v) is 3.76. The molecule has 0 aliphatic carbocycles. The van der Waals surface area contributed by atoms with Crippen molar-refractivity contribution in [3.05, 3.63) is 37.3 Å². The molecule has 2 heterocycles. The van der Waals surface area contributed by atoms with E-state index in [2.05, 4.69) is 0 Å². The number of thiophene rings is 2. The standard InChI is InChI=1S/C8H4INO2S2/c9-5-4-7(6-2-1-3-13-6)14-8(5)10(11)12/h1-4H. The zero-order chi connectivity index (χ0) is 10.1. The van der Waals surface area contributed by atoms with Gasteiger partial charge in [0.15, 0.2) is 0 Å². The predicted molar refractivity (Wildman–Crippen MR) is 67.0 cm³/mol. The molecular weight excluding hydrogens is 333 g/mol. The minimum Gasteiger partial charge on any atom is -0.258 e. The Hall–Kier alpha value is -0.470. The number of halogens is 1. The summed E-state index contributed by atoms with van der Waals surface area (Å²) in [6.07, 6.45) is 0. The van der Waals surface area contributed by atoms with E-state index in [9.17, 15) is 10.1 Å². The van der Waals surface area contributed by atoms with Gasteiger partial charge in [0, 0.05) is 4.88 Å². The third-order valence-electron chi connectivity index (χ3n) is 1.60. The molecule has 0 bridgehead atoms. The van der Waals surface area contributed by atoms with Crippen LogP contribution in [0.5, 0.6) is 0 Å². The SMILES string of the molecule is O=[N+]([O-])c1sc(-c2cccs2)cc1I. The van der Waals surface area contributed by atoms with Crippen LogP contribution in [-0.2, 0) is 0 Å². The van der Waals surface area contributed by atoms with Crippen molar-refractivity contribution in [3.63, 3.8) is 0 Å². The first-order chi connectivity index (χ1) is 6.68. The Balaban J connectivity index is 2.48. The monoisotopic (exact) mass is 337 g/mol. The van der Waals surface area contributed by atoms with Crippen molar-refractivity contribution < 1.29 is 4.92 Å². The fourth-order valence-electron chi connectivity index (χ4n) is 1.02. The molecule has 2 rings (SSSR count). The van der Waals surface area contributed by atoms with Gasteiger partial charge in [-0.15, -0.1) is 11.3 Å². The Morgan fingerprint density at radius 2 is 2.21 bits per heavy atom. The lowest BCUT2D eigenvalue weighted by Crippen LogP contribution is -1.84. The summed E-state index contributed by atoms with van der Waals surface area (Å²) in [5.41, 5.74) is 0. The molecule has 0 unspecified atom stereocenters. The minimum atomic E-state index is -0.330. The molecular formula is C8H4INO2S2. The van der Waals surface area contributed by atoms with E-state index in [0.29, 0.717) is 3.57 Å². The van der Waals surface area contributed by atoms with Gasteiger partial charge in [0.05, 0.1) is 9.80 Å². The lowest BCUT2D eigenvalue weighted by molar-refractivity contribution is -0.381. The third-order valence-corrected chi connectivity index (χ3v) is 4.94. The highest BCUT2D eigenvalue weighted by atomic mass is 127. The molecule has 0 aromatic carbocycles. The van der Waals surface area contributed by atoms with E-state index in [1.54, 1.807) is 11.3 Å². The van der Waals surface area contributed by atoms with Gasteiger partial charge in [0.2, 0.25) is 0 Å². The van der Waals surface area contributed by atoms with Crippen LogP contribution < -0.4 is 0 Å². The molecule has 3 nitrogen and oxygen atoms in total. The highest BCUT2D eigenvalue weighted by molar-refractivity contribution is 14.1. The second kappa shape index (κ2) is 3.95. The van der Waals surface area contributed by atoms with E-state index in [0.717, 1.165) is 9.75 Å². The Bertz CT molecular complexity index is 464. The van der Waals surface area contributed by atoms with Gasteiger partial charge in [-0.2, -0.15) is 0 Å². The first-order valence-corrected chi connectivity index (χ1v) is 6.43. The Morgan fingerprint density at radius 3 is 2.71 bits per heavy atom. The summed E-state index contributed by atoms with van der Waals surface area (Å²) in [6, 6.07) is 5.77. The normalized spacial score (nSPS) is 10.4. The summed E-state index contributed by atoms with van der Waals surface area (Å²) in [5.74, 6) is 0. The summed E-state index contributed by atoms with van der Waals surface area (Å²) in [4.78, 5) is 12.3. The van der Waals surface area contributed by atoms with Crippen molar-refractivity contribution in [1.82, 2.24) is 0 Å². The smallest absolute Gasteiger partial charge is 0.258 e. The third kappa shape index (κ3) is 1.82. The molecule has 14 heavy (non-hydrogen) atoms. The number of hydrogen-bond donors (Lipinski definition) is 0. The molecule has 0 amide bonds. The average Bonchev–Trinajstić information content (AvgIpc) is 2.70. The van der Waals surface area contributed by atoms with Crippen LogP contribution in [0.15, 0.2) is 23.6 Å². The maximum absolute atomic E-state index is 10.6. The number of nitrogens with zero attached hydrogens (tertiary/aromatic N) is 1. The molecule has 0 saturated carbocycles. The Labute approximate surface area is 102 Å². The number of rotatable bonds is 2. The van der Waals surface area contributed by atoms with Crippen LogP contribution in [-0.4, -0.2) is 4.92 Å². The van der Waals surface area contributed by atoms with E-state index in [4.69, 9.17) is 0 Å². The molecule has 2 aromatic rings. The molecule has 0 aliphatic heterocycles. The van der Waals surface area contributed by atoms with Crippen LogP contribution in [0, 0.1) is 13.7 Å². The van der Waals surface area contributed by atoms with E-state index >= 15 is 0 Å². The van der Waals surface area contributed by atoms with Gasteiger partial charge in [-0.1, -0.05) is 17.4 Å². The van der Waals surface area contributed by atoms with E-state index in [1.807, 2.05) is 46.2 Å². The summed E-state index contributed by atoms with van der Waals surface area (Å²) >= 11 is 4.82. The maximum atomic E-state index is 10.6. The Morgan fingerprint density at radius 1 is 1.43 bits per heavy atom. The van der Waals surface area contributed by atoms with Gasteiger partial charge in [-0.3, -0.25) is 10.1 Å². The molecule has 6 heteroatoms. The van der Waals surface area contributed by atoms with Gasteiger partial charge in [-0.05, 0) is 40.1 Å². The van der Waals surface area contributed by atoms with Gasteiger partial charge >= 0.3 is 5.00 Å². The van der Waals surface area contributed by atoms with Crippen LogP contribution in [0.4, 0.5) is 5.00 Å². The van der Waals surface area contributed by atoms with Gasteiger partial charge in [0.25, 0.3) is 0 Å². The van der Waals surface area contributed by atoms with Gasteiger partial charge < -0.3 is 0 Å². The van der Waals surface area contributed by atoms with E-state index in [1.165, 1.54) is 11.3 Å². The fraction of sp³-hybridized carbons (Fsp3) is 0. The lowest BCUT2D eigenvalue weighted by atomic mass is 10.4. The summed E-state index contributed by atoms with van der Waals surface area (Å²) in [6.45, 7) is 0. The largest absolute Gasteiger partial charge is 0.337 e. The molecule has 0 N–H and O–H groups in total. The second-order valence-corrected chi connectivity index (χ2v) is 5.64. The molecule has 0 aliphatic rings. The molecule has 0 radical (unpaired) electrons. The highest BCUT2D eigenvalue weighted by Crippen LogP contribution is 2.38. The Kier molecular flexibility index (Phi) is 2.84. The zero-order valence-corrected chi connectivity index (χ0v) is 10.6. The molecule has 0 atom stereocenters. The molecule has 72 valence electrons. The van der Waals surface area contributed by atoms with E-state index in [-0.39, 0.29) is 9.92 Å². The minimum absolute atomic E-state index is 0.231. The molecule has 2 aromatic heterocycles. The summed E-state index contributed by atoms with van der Waals surface area (Å²) in [7, 11) is 0. The van der Waals surface area contributed by atoms with Crippen molar-refractivity contribution >= 4 is 50.3 Å². The van der Waals surface area contributed by atoms with Gasteiger partial charge in [-0.25, -0.2) is 0 Å². The second-order valence-electron chi connectivity index (χ2n) is 2.50.